The number of aromatic nitrogens is 4. The molecule has 0 N–H and O–H groups in total. The third-order valence-electron chi connectivity index (χ3n) is 3.27. The first-order chi connectivity index (χ1) is 9.42. The molecule has 19 heavy (non-hydrogen) atoms. The molecule has 0 aromatic carbocycles. The average molecular weight is 254 g/mol. The van der Waals surface area contributed by atoms with Crippen LogP contribution in [0.2, 0.25) is 0 Å². The highest BCUT2D eigenvalue weighted by atomic mass is 16.5. The third kappa shape index (κ3) is 1.64. The summed E-state index contributed by atoms with van der Waals surface area (Å²) in [5.74, 6) is 1.52. The Morgan fingerprint density at radius 2 is 2.16 bits per heavy atom. The van der Waals surface area contributed by atoms with E-state index in [9.17, 15) is 0 Å². The van der Waals surface area contributed by atoms with Crippen LogP contribution in [-0.2, 0) is 12.8 Å². The second kappa shape index (κ2) is 4.01. The van der Waals surface area contributed by atoms with Crippen molar-refractivity contribution in [1.29, 1.82) is 0 Å². The van der Waals surface area contributed by atoms with Gasteiger partial charge in [-0.2, -0.15) is 4.98 Å². The third-order valence-corrected chi connectivity index (χ3v) is 3.27. The van der Waals surface area contributed by atoms with Gasteiger partial charge in [0.05, 0.1) is 12.5 Å². The average Bonchev–Trinajstić information content (AvgIpc) is 3.15. The molecular formula is C13H10N4O2. The molecule has 1 aliphatic rings. The van der Waals surface area contributed by atoms with Crippen molar-refractivity contribution < 1.29 is 8.94 Å². The van der Waals surface area contributed by atoms with E-state index in [1.807, 2.05) is 0 Å². The van der Waals surface area contributed by atoms with Crippen molar-refractivity contribution >= 4 is 0 Å². The van der Waals surface area contributed by atoms with E-state index >= 15 is 0 Å². The molecule has 3 aromatic rings. The van der Waals surface area contributed by atoms with Crippen molar-refractivity contribution in [2.24, 2.45) is 0 Å². The van der Waals surface area contributed by atoms with Crippen LogP contribution in [0.5, 0.6) is 0 Å². The Kier molecular flexibility index (Phi) is 2.20. The number of fused-ring (bicyclic) bond motifs is 1. The van der Waals surface area contributed by atoms with E-state index in [2.05, 4.69) is 20.1 Å². The number of furan rings is 1. The predicted octanol–water partition coefficient (Wildman–Crippen LogP) is 2.28. The Morgan fingerprint density at radius 3 is 3.05 bits per heavy atom. The van der Waals surface area contributed by atoms with Gasteiger partial charge in [-0.15, -0.1) is 0 Å². The fraction of sp³-hybridized carbons (Fsp3) is 0.231. The summed E-state index contributed by atoms with van der Waals surface area (Å²) in [5, 5.41) is 3.92. The van der Waals surface area contributed by atoms with Gasteiger partial charge in [-0.1, -0.05) is 5.16 Å². The van der Waals surface area contributed by atoms with Gasteiger partial charge in [0.25, 0.3) is 5.89 Å². The lowest BCUT2D eigenvalue weighted by atomic mass is 10.2. The minimum Gasteiger partial charge on any atom is -0.459 e. The zero-order chi connectivity index (χ0) is 12.7. The van der Waals surface area contributed by atoms with Crippen LogP contribution in [-0.4, -0.2) is 20.1 Å². The van der Waals surface area contributed by atoms with Crippen LogP contribution in [0, 0.1) is 0 Å². The van der Waals surface area contributed by atoms with E-state index < -0.39 is 0 Å². The SMILES string of the molecule is c1cnc(-c2noc(-c3occ4c3CCC4)n2)cn1. The molecule has 4 rings (SSSR count). The first kappa shape index (κ1) is 10.4. The molecule has 1 aliphatic carbocycles. The summed E-state index contributed by atoms with van der Waals surface area (Å²) in [6.45, 7) is 0. The number of hydrogen-bond donors (Lipinski definition) is 0. The largest absolute Gasteiger partial charge is 0.459 e. The number of hydrogen-bond acceptors (Lipinski definition) is 6. The molecule has 0 bridgehead atoms. The van der Waals surface area contributed by atoms with Crippen molar-refractivity contribution in [2.75, 3.05) is 0 Å². The van der Waals surface area contributed by atoms with Crippen LogP contribution in [0.15, 0.2) is 33.8 Å². The van der Waals surface area contributed by atoms with Gasteiger partial charge in [0.1, 0.15) is 5.69 Å². The van der Waals surface area contributed by atoms with Gasteiger partial charge in [-0.3, -0.25) is 4.98 Å². The Morgan fingerprint density at radius 1 is 1.16 bits per heavy atom. The maximum absolute atomic E-state index is 5.54. The second-order valence-corrected chi connectivity index (χ2v) is 4.44. The topological polar surface area (TPSA) is 77.8 Å². The van der Waals surface area contributed by atoms with Gasteiger partial charge >= 0.3 is 0 Å². The van der Waals surface area contributed by atoms with E-state index in [1.54, 1.807) is 24.9 Å². The Hall–Kier alpha value is -2.50. The number of rotatable bonds is 2. The maximum Gasteiger partial charge on any atom is 0.294 e. The fourth-order valence-corrected chi connectivity index (χ4v) is 2.37. The van der Waals surface area contributed by atoms with Crippen LogP contribution < -0.4 is 0 Å². The highest BCUT2D eigenvalue weighted by molar-refractivity contribution is 5.58. The van der Waals surface area contributed by atoms with E-state index in [4.69, 9.17) is 8.94 Å². The smallest absolute Gasteiger partial charge is 0.294 e. The van der Waals surface area contributed by atoms with Gasteiger partial charge in [-0.05, 0) is 24.8 Å². The lowest BCUT2D eigenvalue weighted by Crippen LogP contribution is -1.86. The van der Waals surface area contributed by atoms with Gasteiger partial charge in [0.2, 0.25) is 5.82 Å². The molecule has 0 unspecified atom stereocenters. The first-order valence-electron chi connectivity index (χ1n) is 6.11. The summed E-state index contributed by atoms with van der Waals surface area (Å²) in [4.78, 5) is 12.4. The molecule has 3 aromatic heterocycles. The summed E-state index contributed by atoms with van der Waals surface area (Å²) in [5.41, 5.74) is 3.02. The van der Waals surface area contributed by atoms with Gasteiger partial charge in [0, 0.05) is 18.0 Å². The minimum absolute atomic E-state index is 0.406. The van der Waals surface area contributed by atoms with Crippen molar-refractivity contribution in [3.05, 3.63) is 36.0 Å². The number of nitrogens with zero attached hydrogens (tertiary/aromatic N) is 4. The van der Waals surface area contributed by atoms with Crippen LogP contribution >= 0.6 is 0 Å². The molecule has 0 saturated heterocycles. The Bertz CT molecular complexity index is 717. The zero-order valence-corrected chi connectivity index (χ0v) is 10.0. The Labute approximate surface area is 108 Å². The van der Waals surface area contributed by atoms with Crippen molar-refractivity contribution in [2.45, 2.75) is 19.3 Å². The summed E-state index contributed by atoms with van der Waals surface area (Å²) >= 11 is 0. The lowest BCUT2D eigenvalue weighted by molar-refractivity contribution is 0.415. The second-order valence-electron chi connectivity index (χ2n) is 4.44. The predicted molar refractivity (Wildman–Crippen MR) is 65.1 cm³/mol. The normalized spacial score (nSPS) is 13.7. The Balaban J connectivity index is 1.75. The molecular weight excluding hydrogens is 244 g/mol. The van der Waals surface area contributed by atoms with E-state index in [1.165, 1.54) is 11.1 Å². The van der Waals surface area contributed by atoms with Gasteiger partial charge in [0.15, 0.2) is 5.76 Å². The first-order valence-corrected chi connectivity index (χ1v) is 6.11. The van der Waals surface area contributed by atoms with Crippen molar-refractivity contribution in [3.63, 3.8) is 0 Å². The van der Waals surface area contributed by atoms with E-state index in [0.717, 1.165) is 19.3 Å². The summed E-state index contributed by atoms with van der Waals surface area (Å²) in [6.07, 6.45) is 9.79. The molecule has 6 nitrogen and oxygen atoms in total. The monoisotopic (exact) mass is 254 g/mol. The molecule has 3 heterocycles. The maximum atomic E-state index is 5.54. The number of aryl methyl sites for hydroxylation is 1. The molecule has 0 spiro atoms. The molecule has 0 aliphatic heterocycles. The van der Waals surface area contributed by atoms with Crippen LogP contribution in [0.3, 0.4) is 0 Å². The minimum atomic E-state index is 0.406. The van der Waals surface area contributed by atoms with E-state index in [-0.39, 0.29) is 0 Å². The van der Waals surface area contributed by atoms with E-state index in [0.29, 0.717) is 23.2 Å². The van der Waals surface area contributed by atoms with Crippen LogP contribution in [0.1, 0.15) is 17.5 Å². The highest BCUT2D eigenvalue weighted by Crippen LogP contribution is 2.33. The molecule has 94 valence electrons. The lowest BCUT2D eigenvalue weighted by Gasteiger charge is -1.91. The van der Waals surface area contributed by atoms with Gasteiger partial charge < -0.3 is 8.94 Å². The summed E-state index contributed by atoms with van der Waals surface area (Å²) < 4.78 is 10.8. The molecule has 0 atom stereocenters. The molecule has 0 amide bonds. The molecule has 0 saturated carbocycles. The summed E-state index contributed by atoms with van der Waals surface area (Å²) in [6, 6.07) is 0. The fourth-order valence-electron chi connectivity index (χ4n) is 2.37. The standard InChI is InChI=1S/C13H10N4O2/c1-2-8-7-18-11(9(8)3-1)13-16-12(17-19-13)10-6-14-4-5-15-10/h4-7H,1-3H2. The van der Waals surface area contributed by atoms with Crippen LogP contribution in [0.25, 0.3) is 23.2 Å². The quantitative estimate of drug-likeness (QED) is 0.698. The highest BCUT2D eigenvalue weighted by Gasteiger charge is 2.24. The van der Waals surface area contributed by atoms with Crippen LogP contribution in [0.4, 0.5) is 0 Å². The van der Waals surface area contributed by atoms with Crippen molar-refractivity contribution in [1.82, 2.24) is 20.1 Å². The summed E-state index contributed by atoms with van der Waals surface area (Å²) in [7, 11) is 0. The molecule has 6 heteroatoms. The zero-order valence-electron chi connectivity index (χ0n) is 10.0. The van der Waals surface area contributed by atoms with Crippen molar-refractivity contribution in [3.8, 4) is 23.2 Å². The van der Waals surface area contributed by atoms with Gasteiger partial charge in [-0.25, -0.2) is 4.98 Å². The molecule has 0 fully saturated rings. The molecule has 0 radical (unpaired) electrons.